The molecule has 0 aliphatic carbocycles. The number of hydrogen-bond donors (Lipinski definition) is 1. The Morgan fingerprint density at radius 1 is 1.17 bits per heavy atom. The fraction of sp³-hybridized carbons (Fsp3) is 0.125. The van der Waals surface area contributed by atoms with Gasteiger partial charge in [-0.05, 0) is 51.9 Å². The van der Waals surface area contributed by atoms with Crippen LogP contribution in [0.2, 0.25) is 0 Å². The fourth-order valence-electron chi connectivity index (χ4n) is 1.76. The van der Waals surface area contributed by atoms with Gasteiger partial charge in [-0.1, -0.05) is 42.1 Å². The highest BCUT2D eigenvalue weighted by Gasteiger charge is 2.30. The first-order chi connectivity index (χ1) is 11.3. The Morgan fingerprint density at radius 2 is 1.88 bits per heavy atom. The largest absolute Gasteiger partial charge is 0.416 e. The summed E-state index contributed by atoms with van der Waals surface area (Å²) in [5.41, 5.74) is 6.43. The summed E-state index contributed by atoms with van der Waals surface area (Å²) >= 11 is 3.14. The van der Waals surface area contributed by atoms with E-state index in [0.29, 0.717) is 14.9 Å². The molecule has 24 heavy (non-hydrogen) atoms. The molecule has 0 bridgehead atoms. The van der Waals surface area contributed by atoms with Gasteiger partial charge in [0.25, 0.3) is 0 Å². The van der Waals surface area contributed by atoms with Gasteiger partial charge in [0.15, 0.2) is 5.17 Å². The Labute approximate surface area is 155 Å². The second-order valence-corrected chi connectivity index (χ2v) is 6.97. The maximum Gasteiger partial charge on any atom is 0.416 e. The highest BCUT2D eigenvalue weighted by Crippen LogP contribution is 2.30. The highest BCUT2D eigenvalue weighted by molar-refractivity contribution is 14.1. The molecule has 2 aromatic carbocycles. The molecule has 8 heteroatoms. The summed E-state index contributed by atoms with van der Waals surface area (Å²) in [6.45, 7) is 0. The van der Waals surface area contributed by atoms with Crippen molar-refractivity contribution in [3.8, 4) is 0 Å². The molecule has 2 N–H and O–H groups in total. The van der Waals surface area contributed by atoms with E-state index in [2.05, 4.69) is 10.2 Å². The average molecular weight is 463 g/mol. The number of hydrogen-bond acceptors (Lipinski definition) is 3. The summed E-state index contributed by atoms with van der Waals surface area (Å²) in [6.07, 6.45) is -3.13. The van der Waals surface area contributed by atoms with Gasteiger partial charge in [0.05, 0.1) is 11.8 Å². The summed E-state index contributed by atoms with van der Waals surface area (Å²) in [6, 6.07) is 13.4. The first-order valence-corrected chi connectivity index (χ1v) is 8.82. The van der Waals surface area contributed by atoms with Crippen LogP contribution < -0.4 is 5.73 Å². The van der Waals surface area contributed by atoms with Crippen molar-refractivity contribution in [2.45, 2.75) is 11.9 Å². The molecule has 2 aromatic rings. The molecule has 0 radical (unpaired) electrons. The number of halogens is 4. The van der Waals surface area contributed by atoms with Crippen molar-refractivity contribution < 1.29 is 13.2 Å². The molecular formula is C16H13F3IN3S. The maximum absolute atomic E-state index is 12.8. The molecule has 0 aliphatic heterocycles. The monoisotopic (exact) mass is 463 g/mol. The van der Waals surface area contributed by atoms with E-state index < -0.39 is 11.7 Å². The van der Waals surface area contributed by atoms with Gasteiger partial charge in [-0.25, -0.2) is 0 Å². The Morgan fingerprint density at radius 3 is 2.54 bits per heavy atom. The van der Waals surface area contributed by atoms with Crippen molar-refractivity contribution in [3.05, 3.63) is 68.8 Å². The van der Waals surface area contributed by atoms with Crippen LogP contribution in [0.15, 0.2) is 58.7 Å². The average Bonchev–Trinajstić information content (AvgIpc) is 2.52. The SMILES string of the molecule is NC(=NN=Cc1cc(I)cc(C(F)(F)F)c1)SCc1ccccc1. The number of benzene rings is 2. The third-order valence-corrected chi connectivity index (χ3v) is 4.32. The number of rotatable bonds is 4. The quantitative estimate of drug-likeness (QED) is 0.304. The van der Waals surface area contributed by atoms with Gasteiger partial charge in [-0.15, -0.1) is 5.10 Å². The predicted octanol–water partition coefficient (Wildman–Crippen LogP) is 4.89. The van der Waals surface area contributed by atoms with Crippen molar-refractivity contribution in [2.75, 3.05) is 0 Å². The van der Waals surface area contributed by atoms with Crippen LogP contribution >= 0.6 is 34.4 Å². The molecule has 0 fully saturated rings. The lowest BCUT2D eigenvalue weighted by molar-refractivity contribution is -0.137. The summed E-state index contributed by atoms with van der Waals surface area (Å²) in [4.78, 5) is 0. The van der Waals surface area contributed by atoms with Crippen LogP contribution in [0, 0.1) is 3.57 Å². The molecule has 0 spiro atoms. The van der Waals surface area contributed by atoms with Crippen molar-refractivity contribution in [2.24, 2.45) is 15.9 Å². The Balaban J connectivity index is 2.01. The van der Waals surface area contributed by atoms with E-state index in [1.54, 1.807) is 6.07 Å². The lowest BCUT2D eigenvalue weighted by Gasteiger charge is -2.07. The number of nitrogens with zero attached hydrogens (tertiary/aromatic N) is 2. The van der Waals surface area contributed by atoms with Crippen LogP contribution in [0.3, 0.4) is 0 Å². The molecule has 0 amide bonds. The standard InChI is InChI=1S/C16H13F3IN3S/c17-16(18,19)13-6-12(7-14(20)8-13)9-22-23-15(21)24-10-11-4-2-1-3-5-11/h1-9H,10H2,(H2,21,23). The van der Waals surface area contributed by atoms with Crippen molar-refractivity contribution in [3.63, 3.8) is 0 Å². The van der Waals surface area contributed by atoms with Gasteiger partial charge in [0.1, 0.15) is 0 Å². The minimum absolute atomic E-state index is 0.247. The Kier molecular flexibility index (Phi) is 6.67. The molecule has 0 atom stereocenters. The van der Waals surface area contributed by atoms with Gasteiger partial charge in [0, 0.05) is 9.32 Å². The molecule has 126 valence electrons. The van der Waals surface area contributed by atoms with Crippen LogP contribution in [0.5, 0.6) is 0 Å². The van der Waals surface area contributed by atoms with E-state index in [9.17, 15) is 13.2 Å². The van der Waals surface area contributed by atoms with Crippen LogP contribution in [0.1, 0.15) is 16.7 Å². The summed E-state index contributed by atoms with van der Waals surface area (Å²) in [7, 11) is 0. The molecule has 3 nitrogen and oxygen atoms in total. The van der Waals surface area contributed by atoms with Crippen LogP contribution in [0.25, 0.3) is 0 Å². The van der Waals surface area contributed by atoms with E-state index in [1.807, 2.05) is 52.9 Å². The third-order valence-electron chi connectivity index (χ3n) is 2.84. The molecule has 2 rings (SSSR count). The molecule has 0 aliphatic rings. The van der Waals surface area contributed by atoms with Gasteiger partial charge >= 0.3 is 6.18 Å². The predicted molar refractivity (Wildman–Crippen MR) is 101 cm³/mol. The second kappa shape index (κ2) is 8.52. The third kappa shape index (κ3) is 6.16. The topological polar surface area (TPSA) is 50.7 Å². The van der Waals surface area contributed by atoms with E-state index in [1.165, 1.54) is 18.0 Å². The summed E-state index contributed by atoms with van der Waals surface area (Å²) in [5.74, 6) is 0.646. The molecule has 0 aromatic heterocycles. The van der Waals surface area contributed by atoms with E-state index in [-0.39, 0.29) is 5.17 Å². The normalized spacial score (nSPS) is 12.8. The maximum atomic E-state index is 12.8. The first-order valence-electron chi connectivity index (χ1n) is 6.75. The number of alkyl halides is 3. The van der Waals surface area contributed by atoms with Crippen molar-refractivity contribution in [1.82, 2.24) is 0 Å². The van der Waals surface area contributed by atoms with E-state index >= 15 is 0 Å². The van der Waals surface area contributed by atoms with Crippen LogP contribution in [-0.4, -0.2) is 11.4 Å². The van der Waals surface area contributed by atoms with Gasteiger partial charge in [0.2, 0.25) is 0 Å². The Hall–Kier alpha value is -1.55. The van der Waals surface area contributed by atoms with E-state index in [0.717, 1.165) is 17.7 Å². The van der Waals surface area contributed by atoms with Gasteiger partial charge < -0.3 is 5.73 Å². The molecule has 0 unspecified atom stereocenters. The molecule has 0 heterocycles. The number of amidine groups is 1. The Bertz CT molecular complexity index is 746. The second-order valence-electron chi connectivity index (χ2n) is 4.73. The lowest BCUT2D eigenvalue weighted by Crippen LogP contribution is -2.06. The van der Waals surface area contributed by atoms with Crippen molar-refractivity contribution >= 4 is 45.7 Å². The van der Waals surface area contributed by atoms with E-state index in [4.69, 9.17) is 5.73 Å². The molecule has 0 saturated heterocycles. The molecular weight excluding hydrogens is 450 g/mol. The highest BCUT2D eigenvalue weighted by atomic mass is 127. The summed E-state index contributed by atoms with van der Waals surface area (Å²) < 4.78 is 38.8. The summed E-state index contributed by atoms with van der Waals surface area (Å²) in [5, 5.41) is 7.81. The smallest absolute Gasteiger partial charge is 0.377 e. The van der Waals surface area contributed by atoms with Crippen LogP contribution in [-0.2, 0) is 11.9 Å². The molecule has 0 saturated carbocycles. The lowest BCUT2D eigenvalue weighted by atomic mass is 10.1. The fourth-order valence-corrected chi connectivity index (χ4v) is 3.07. The van der Waals surface area contributed by atoms with Gasteiger partial charge in [-0.2, -0.15) is 18.3 Å². The first kappa shape index (κ1) is 18.8. The zero-order valence-corrected chi connectivity index (χ0v) is 15.3. The van der Waals surface area contributed by atoms with Crippen molar-refractivity contribution in [1.29, 1.82) is 0 Å². The number of nitrogens with two attached hydrogens (primary N) is 1. The number of thioether (sulfide) groups is 1. The zero-order chi connectivity index (χ0) is 17.6. The zero-order valence-electron chi connectivity index (χ0n) is 12.3. The van der Waals surface area contributed by atoms with Crippen LogP contribution in [0.4, 0.5) is 13.2 Å². The van der Waals surface area contributed by atoms with Gasteiger partial charge in [-0.3, -0.25) is 0 Å². The minimum atomic E-state index is -4.39. The minimum Gasteiger partial charge on any atom is -0.377 e.